The van der Waals surface area contributed by atoms with Gasteiger partial charge in [-0.15, -0.1) is 11.3 Å². The molecule has 1 rings (SSSR count). The van der Waals surface area contributed by atoms with Gasteiger partial charge >= 0.3 is 0 Å². The lowest BCUT2D eigenvalue weighted by Crippen LogP contribution is -2.37. The standard InChI is InChI=1S/C12H22N4O2S2/c1-9-11(19-10(2)16-9)8-15-12(13-3)14-6-5-7-20(4,17)18/h5-8H2,1-4H3,(H2,13,14,15). The van der Waals surface area contributed by atoms with E-state index in [2.05, 4.69) is 20.6 Å². The number of hydrogen-bond donors (Lipinski definition) is 2. The zero-order chi connectivity index (χ0) is 15.2. The first-order chi connectivity index (χ1) is 9.31. The Morgan fingerprint density at radius 2 is 2.05 bits per heavy atom. The molecule has 114 valence electrons. The summed E-state index contributed by atoms with van der Waals surface area (Å²) in [4.78, 5) is 9.65. The molecular formula is C12H22N4O2S2. The molecule has 0 saturated heterocycles. The van der Waals surface area contributed by atoms with E-state index in [-0.39, 0.29) is 5.75 Å². The fraction of sp³-hybridized carbons (Fsp3) is 0.667. The molecule has 1 heterocycles. The molecule has 0 spiro atoms. The largest absolute Gasteiger partial charge is 0.356 e. The van der Waals surface area contributed by atoms with E-state index >= 15 is 0 Å². The van der Waals surface area contributed by atoms with Crippen molar-refractivity contribution in [3.05, 3.63) is 15.6 Å². The van der Waals surface area contributed by atoms with Gasteiger partial charge in [-0.05, 0) is 20.3 Å². The van der Waals surface area contributed by atoms with Gasteiger partial charge in [0.1, 0.15) is 9.84 Å². The minimum absolute atomic E-state index is 0.185. The van der Waals surface area contributed by atoms with Crippen LogP contribution in [-0.4, -0.2) is 45.0 Å². The highest BCUT2D eigenvalue weighted by Gasteiger charge is 2.06. The number of nitrogens with one attached hydrogen (secondary N) is 2. The molecule has 2 N–H and O–H groups in total. The van der Waals surface area contributed by atoms with E-state index in [1.54, 1.807) is 18.4 Å². The van der Waals surface area contributed by atoms with Gasteiger partial charge in [-0.3, -0.25) is 4.99 Å². The Bertz CT molecular complexity index is 564. The number of guanidine groups is 1. The molecule has 0 bridgehead atoms. The summed E-state index contributed by atoms with van der Waals surface area (Å²) in [6, 6.07) is 0. The van der Waals surface area contributed by atoms with Gasteiger partial charge < -0.3 is 10.6 Å². The molecule has 1 aromatic heterocycles. The molecule has 0 atom stereocenters. The lowest BCUT2D eigenvalue weighted by molar-refractivity contribution is 0.598. The van der Waals surface area contributed by atoms with Gasteiger partial charge in [-0.25, -0.2) is 13.4 Å². The quantitative estimate of drug-likeness (QED) is 0.462. The van der Waals surface area contributed by atoms with Crippen LogP contribution < -0.4 is 10.6 Å². The van der Waals surface area contributed by atoms with Crippen LogP contribution in [0, 0.1) is 13.8 Å². The average molecular weight is 318 g/mol. The number of hydrogen-bond acceptors (Lipinski definition) is 5. The maximum atomic E-state index is 11.0. The minimum Gasteiger partial charge on any atom is -0.356 e. The van der Waals surface area contributed by atoms with Crippen LogP contribution in [0.3, 0.4) is 0 Å². The summed E-state index contributed by atoms with van der Waals surface area (Å²) in [6.07, 6.45) is 1.81. The second kappa shape index (κ2) is 7.58. The van der Waals surface area contributed by atoms with E-state index in [1.165, 1.54) is 11.1 Å². The van der Waals surface area contributed by atoms with E-state index in [9.17, 15) is 8.42 Å². The Morgan fingerprint density at radius 3 is 2.55 bits per heavy atom. The van der Waals surface area contributed by atoms with Crippen molar-refractivity contribution in [1.29, 1.82) is 0 Å². The highest BCUT2D eigenvalue weighted by atomic mass is 32.2. The van der Waals surface area contributed by atoms with Gasteiger partial charge in [0.2, 0.25) is 0 Å². The van der Waals surface area contributed by atoms with Crippen LogP contribution in [0.1, 0.15) is 22.0 Å². The van der Waals surface area contributed by atoms with E-state index in [4.69, 9.17) is 0 Å². The molecule has 0 aliphatic rings. The van der Waals surface area contributed by atoms with Gasteiger partial charge in [0.05, 0.1) is 23.0 Å². The Kier molecular flexibility index (Phi) is 6.41. The predicted molar refractivity (Wildman–Crippen MR) is 84.1 cm³/mol. The van der Waals surface area contributed by atoms with Crippen LogP contribution in [0.2, 0.25) is 0 Å². The number of sulfone groups is 1. The van der Waals surface area contributed by atoms with Gasteiger partial charge in [-0.1, -0.05) is 0 Å². The van der Waals surface area contributed by atoms with E-state index in [1.807, 2.05) is 13.8 Å². The molecule has 0 unspecified atom stereocenters. The molecular weight excluding hydrogens is 296 g/mol. The zero-order valence-corrected chi connectivity index (χ0v) is 14.0. The van der Waals surface area contributed by atoms with Crippen LogP contribution in [0.4, 0.5) is 0 Å². The maximum absolute atomic E-state index is 11.0. The second-order valence-corrected chi connectivity index (χ2v) is 8.12. The fourth-order valence-electron chi connectivity index (χ4n) is 1.66. The molecule has 0 aliphatic heterocycles. The molecule has 0 aromatic carbocycles. The molecule has 0 fully saturated rings. The third-order valence-electron chi connectivity index (χ3n) is 2.62. The van der Waals surface area contributed by atoms with Crippen molar-refractivity contribution < 1.29 is 8.42 Å². The predicted octanol–water partition coefficient (Wildman–Crippen LogP) is 0.860. The zero-order valence-electron chi connectivity index (χ0n) is 12.4. The van der Waals surface area contributed by atoms with Gasteiger partial charge in [0, 0.05) is 24.7 Å². The Labute approximate surface area is 124 Å². The van der Waals surface area contributed by atoms with E-state index in [0.717, 1.165) is 10.7 Å². The van der Waals surface area contributed by atoms with Crippen molar-refractivity contribution in [2.75, 3.05) is 25.6 Å². The smallest absolute Gasteiger partial charge is 0.191 e. The molecule has 8 heteroatoms. The molecule has 0 radical (unpaired) electrons. The van der Waals surface area contributed by atoms with Crippen LogP contribution in [0.5, 0.6) is 0 Å². The average Bonchev–Trinajstić information content (AvgIpc) is 2.66. The summed E-state index contributed by atoms with van der Waals surface area (Å²) in [5.74, 6) is 0.855. The number of aromatic nitrogens is 1. The third-order valence-corrected chi connectivity index (χ3v) is 4.73. The summed E-state index contributed by atoms with van der Waals surface area (Å²) < 4.78 is 22.0. The van der Waals surface area contributed by atoms with Crippen LogP contribution in [0.15, 0.2) is 4.99 Å². The topological polar surface area (TPSA) is 83.5 Å². The molecule has 6 nitrogen and oxygen atoms in total. The molecule has 1 aromatic rings. The number of aliphatic imine (C=N–C) groups is 1. The van der Waals surface area contributed by atoms with E-state index < -0.39 is 9.84 Å². The number of aryl methyl sites for hydroxylation is 2. The number of nitrogens with zero attached hydrogens (tertiary/aromatic N) is 2. The summed E-state index contributed by atoms with van der Waals surface area (Å²) in [7, 11) is -1.20. The second-order valence-electron chi connectivity index (χ2n) is 4.58. The first-order valence-corrected chi connectivity index (χ1v) is 9.24. The van der Waals surface area contributed by atoms with Crippen LogP contribution in [0.25, 0.3) is 0 Å². The molecule has 0 aliphatic carbocycles. The minimum atomic E-state index is -2.89. The van der Waals surface area contributed by atoms with Crippen LogP contribution >= 0.6 is 11.3 Å². The highest BCUT2D eigenvalue weighted by Crippen LogP contribution is 2.16. The van der Waals surface area contributed by atoms with Crippen LogP contribution in [-0.2, 0) is 16.4 Å². The van der Waals surface area contributed by atoms with Crippen molar-refractivity contribution in [3.8, 4) is 0 Å². The lowest BCUT2D eigenvalue weighted by Gasteiger charge is -2.11. The normalized spacial score (nSPS) is 12.5. The van der Waals surface area contributed by atoms with E-state index in [0.29, 0.717) is 25.5 Å². The molecule has 20 heavy (non-hydrogen) atoms. The first-order valence-electron chi connectivity index (χ1n) is 6.37. The first kappa shape index (κ1) is 16.9. The number of thiazole rings is 1. The summed E-state index contributed by atoms with van der Waals surface area (Å²) >= 11 is 1.66. The van der Waals surface area contributed by atoms with Gasteiger partial charge in [0.25, 0.3) is 0 Å². The molecule has 0 amide bonds. The SMILES string of the molecule is CN=C(NCCCS(C)(=O)=O)NCc1sc(C)nc1C. The van der Waals surface area contributed by atoms with Crippen molar-refractivity contribution in [1.82, 2.24) is 15.6 Å². The maximum Gasteiger partial charge on any atom is 0.191 e. The summed E-state index contributed by atoms with van der Waals surface area (Å²) in [6.45, 7) is 5.22. The highest BCUT2D eigenvalue weighted by molar-refractivity contribution is 7.90. The third kappa shape index (κ3) is 6.33. The number of rotatable bonds is 6. The van der Waals surface area contributed by atoms with Gasteiger partial charge in [-0.2, -0.15) is 0 Å². The summed E-state index contributed by atoms with van der Waals surface area (Å²) in [5, 5.41) is 7.35. The fourth-order valence-corrected chi connectivity index (χ4v) is 3.21. The monoisotopic (exact) mass is 318 g/mol. The van der Waals surface area contributed by atoms with Crippen molar-refractivity contribution in [2.24, 2.45) is 4.99 Å². The van der Waals surface area contributed by atoms with Gasteiger partial charge in [0.15, 0.2) is 5.96 Å². The Hall–Kier alpha value is -1.15. The van der Waals surface area contributed by atoms with Crippen molar-refractivity contribution in [2.45, 2.75) is 26.8 Å². The molecule has 0 saturated carbocycles. The Balaban J connectivity index is 2.35. The lowest BCUT2D eigenvalue weighted by atomic mass is 10.4. The summed E-state index contributed by atoms with van der Waals surface area (Å²) in [5.41, 5.74) is 1.03. The Morgan fingerprint density at radius 1 is 1.35 bits per heavy atom. The van der Waals surface area contributed by atoms with Crippen molar-refractivity contribution >= 4 is 27.1 Å². The van der Waals surface area contributed by atoms with Crippen molar-refractivity contribution in [3.63, 3.8) is 0 Å².